The Morgan fingerprint density at radius 3 is 3.05 bits per heavy atom. The normalized spacial score (nSPS) is 16.6. The summed E-state index contributed by atoms with van der Waals surface area (Å²) in [5, 5.41) is 14.1. The number of amides is 1. The lowest BCUT2D eigenvalue weighted by atomic mass is 10.2. The minimum atomic E-state index is 0.0702. The van der Waals surface area contributed by atoms with Crippen molar-refractivity contribution >= 4 is 11.9 Å². The summed E-state index contributed by atoms with van der Waals surface area (Å²) in [4.78, 5) is 13.2. The lowest BCUT2D eigenvalue weighted by Crippen LogP contribution is -2.28. The molecule has 0 aliphatic carbocycles. The predicted molar refractivity (Wildman–Crippen MR) is 70.7 cm³/mol. The monoisotopic (exact) mass is 267 g/mol. The van der Waals surface area contributed by atoms with Crippen LogP contribution in [0.5, 0.6) is 0 Å². The summed E-state index contributed by atoms with van der Waals surface area (Å²) in [6.07, 6.45) is 0.462. The molecule has 2 N–H and O–H groups in total. The zero-order valence-electron chi connectivity index (χ0n) is 11.5. The number of aromatic nitrogens is 2. The van der Waals surface area contributed by atoms with Gasteiger partial charge in [-0.25, -0.2) is 0 Å². The molecule has 1 aliphatic heterocycles. The lowest BCUT2D eigenvalue weighted by Gasteiger charge is -2.15. The van der Waals surface area contributed by atoms with Crippen LogP contribution in [-0.4, -0.2) is 42.3 Å². The van der Waals surface area contributed by atoms with Crippen LogP contribution in [0.15, 0.2) is 4.42 Å². The van der Waals surface area contributed by atoms with Crippen molar-refractivity contribution in [2.75, 3.05) is 31.1 Å². The van der Waals surface area contributed by atoms with E-state index in [2.05, 4.69) is 34.7 Å². The fourth-order valence-electron chi connectivity index (χ4n) is 1.87. The van der Waals surface area contributed by atoms with Crippen LogP contribution >= 0.6 is 0 Å². The van der Waals surface area contributed by atoms with E-state index in [-0.39, 0.29) is 5.91 Å². The third-order valence-corrected chi connectivity index (χ3v) is 2.87. The van der Waals surface area contributed by atoms with E-state index < -0.39 is 0 Å². The summed E-state index contributed by atoms with van der Waals surface area (Å²) in [5.41, 5.74) is 0. The molecule has 1 aliphatic rings. The van der Waals surface area contributed by atoms with Crippen molar-refractivity contribution in [3.63, 3.8) is 0 Å². The quantitative estimate of drug-likeness (QED) is 0.789. The lowest BCUT2D eigenvalue weighted by molar-refractivity contribution is -0.120. The highest BCUT2D eigenvalue weighted by Gasteiger charge is 2.18. The molecule has 0 atom stereocenters. The van der Waals surface area contributed by atoms with Crippen molar-refractivity contribution < 1.29 is 9.21 Å². The zero-order chi connectivity index (χ0) is 13.7. The number of nitrogens with zero attached hydrogens (tertiary/aromatic N) is 3. The largest absolute Gasteiger partial charge is 0.407 e. The van der Waals surface area contributed by atoms with Gasteiger partial charge in [0.25, 0.3) is 0 Å². The second kappa shape index (κ2) is 6.51. The molecular weight excluding hydrogens is 246 g/mol. The van der Waals surface area contributed by atoms with Crippen molar-refractivity contribution in [1.29, 1.82) is 0 Å². The third kappa shape index (κ3) is 4.20. The Morgan fingerprint density at radius 2 is 2.26 bits per heavy atom. The van der Waals surface area contributed by atoms with Crippen molar-refractivity contribution in [1.82, 2.24) is 20.8 Å². The molecule has 0 radical (unpaired) electrons. The Labute approximate surface area is 112 Å². The van der Waals surface area contributed by atoms with Gasteiger partial charge in [-0.3, -0.25) is 4.79 Å². The van der Waals surface area contributed by atoms with Crippen LogP contribution in [0.3, 0.4) is 0 Å². The molecule has 7 nitrogen and oxygen atoms in total. The summed E-state index contributed by atoms with van der Waals surface area (Å²) in [6, 6.07) is 0.498. The van der Waals surface area contributed by atoms with Gasteiger partial charge in [0.2, 0.25) is 11.8 Å². The molecule has 0 aromatic carbocycles. The molecule has 0 bridgehead atoms. The van der Waals surface area contributed by atoms with E-state index in [0.29, 0.717) is 50.4 Å². The number of carbonyl (C=O) groups excluding carboxylic acids is 1. The Balaban J connectivity index is 1.87. The maximum Gasteiger partial charge on any atom is 0.318 e. The van der Waals surface area contributed by atoms with E-state index in [1.165, 1.54) is 0 Å². The van der Waals surface area contributed by atoms with Crippen LogP contribution in [0.4, 0.5) is 6.01 Å². The third-order valence-electron chi connectivity index (χ3n) is 2.87. The van der Waals surface area contributed by atoms with Gasteiger partial charge in [-0.15, -0.1) is 5.10 Å². The fraction of sp³-hybridized carbons (Fsp3) is 0.750. The van der Waals surface area contributed by atoms with Crippen molar-refractivity contribution in [3.8, 4) is 0 Å². The maximum atomic E-state index is 11.3. The van der Waals surface area contributed by atoms with E-state index in [9.17, 15) is 4.79 Å². The zero-order valence-corrected chi connectivity index (χ0v) is 11.5. The summed E-state index contributed by atoms with van der Waals surface area (Å²) >= 11 is 0. The number of anilines is 1. The molecule has 0 spiro atoms. The van der Waals surface area contributed by atoms with Crippen molar-refractivity contribution in [2.24, 2.45) is 5.92 Å². The topological polar surface area (TPSA) is 83.3 Å². The molecule has 2 rings (SSSR count). The van der Waals surface area contributed by atoms with Gasteiger partial charge in [-0.1, -0.05) is 18.9 Å². The molecule has 2 heterocycles. The van der Waals surface area contributed by atoms with Gasteiger partial charge in [0, 0.05) is 26.1 Å². The molecule has 1 aromatic heterocycles. The average molecular weight is 267 g/mol. The average Bonchev–Trinajstić information content (AvgIpc) is 2.71. The first-order valence-electron chi connectivity index (χ1n) is 6.70. The molecule has 7 heteroatoms. The minimum Gasteiger partial charge on any atom is -0.407 e. The summed E-state index contributed by atoms with van der Waals surface area (Å²) in [6.45, 7) is 7.72. The van der Waals surface area contributed by atoms with E-state index in [0.717, 1.165) is 6.54 Å². The van der Waals surface area contributed by atoms with Crippen LogP contribution in [0.2, 0.25) is 0 Å². The fourth-order valence-corrected chi connectivity index (χ4v) is 1.87. The maximum absolute atomic E-state index is 11.3. The molecule has 0 unspecified atom stereocenters. The SMILES string of the molecule is CC(C)CNCc1nnc(N2CCNC(=O)CC2)o1. The summed E-state index contributed by atoms with van der Waals surface area (Å²) < 4.78 is 5.60. The van der Waals surface area contributed by atoms with Gasteiger partial charge in [0.15, 0.2) is 0 Å². The standard InChI is InChI=1S/C12H21N5O2/c1-9(2)7-13-8-11-15-16-12(19-11)17-5-3-10(18)14-4-6-17/h9,13H,3-8H2,1-2H3,(H,14,18). The van der Waals surface area contributed by atoms with E-state index in [1.807, 2.05) is 4.90 Å². The number of hydrogen-bond acceptors (Lipinski definition) is 6. The molecule has 1 aromatic rings. The number of hydrogen-bond donors (Lipinski definition) is 2. The van der Waals surface area contributed by atoms with Gasteiger partial charge >= 0.3 is 6.01 Å². The van der Waals surface area contributed by atoms with E-state index in [4.69, 9.17) is 4.42 Å². The van der Waals surface area contributed by atoms with Crippen LogP contribution in [0.1, 0.15) is 26.2 Å². The predicted octanol–water partition coefficient (Wildman–Crippen LogP) is 0.142. The highest BCUT2D eigenvalue weighted by atomic mass is 16.4. The number of nitrogens with one attached hydrogen (secondary N) is 2. The van der Waals surface area contributed by atoms with Crippen molar-refractivity contribution in [2.45, 2.75) is 26.8 Å². The van der Waals surface area contributed by atoms with Crippen LogP contribution in [0.25, 0.3) is 0 Å². The van der Waals surface area contributed by atoms with Gasteiger partial charge in [-0.05, 0) is 12.5 Å². The molecular formula is C12H21N5O2. The Morgan fingerprint density at radius 1 is 1.42 bits per heavy atom. The second-order valence-corrected chi connectivity index (χ2v) is 5.09. The van der Waals surface area contributed by atoms with Crippen molar-refractivity contribution in [3.05, 3.63) is 5.89 Å². The Kier molecular flexibility index (Phi) is 4.73. The molecule has 106 valence electrons. The second-order valence-electron chi connectivity index (χ2n) is 5.09. The summed E-state index contributed by atoms with van der Waals surface area (Å²) in [5.74, 6) is 1.24. The van der Waals surface area contributed by atoms with E-state index in [1.54, 1.807) is 0 Å². The highest BCUT2D eigenvalue weighted by Crippen LogP contribution is 2.13. The van der Waals surface area contributed by atoms with Gasteiger partial charge in [0.05, 0.1) is 6.54 Å². The Bertz CT molecular complexity index is 418. The van der Waals surface area contributed by atoms with Gasteiger partial charge < -0.3 is 20.0 Å². The minimum absolute atomic E-state index is 0.0702. The molecule has 0 saturated carbocycles. The number of rotatable bonds is 5. The van der Waals surface area contributed by atoms with Crippen LogP contribution < -0.4 is 15.5 Å². The molecule has 19 heavy (non-hydrogen) atoms. The van der Waals surface area contributed by atoms with Crippen LogP contribution in [-0.2, 0) is 11.3 Å². The van der Waals surface area contributed by atoms with E-state index >= 15 is 0 Å². The number of carbonyl (C=O) groups is 1. The van der Waals surface area contributed by atoms with Gasteiger partial charge in [-0.2, -0.15) is 0 Å². The van der Waals surface area contributed by atoms with Gasteiger partial charge in [0.1, 0.15) is 0 Å². The molecule has 1 fully saturated rings. The summed E-state index contributed by atoms with van der Waals surface area (Å²) in [7, 11) is 0. The molecule has 1 saturated heterocycles. The van der Waals surface area contributed by atoms with Crippen LogP contribution in [0, 0.1) is 5.92 Å². The first-order valence-corrected chi connectivity index (χ1v) is 6.70. The first kappa shape index (κ1) is 13.8. The molecule has 1 amide bonds. The smallest absolute Gasteiger partial charge is 0.318 e. The highest BCUT2D eigenvalue weighted by molar-refractivity contribution is 5.76. The Hall–Kier alpha value is -1.63. The first-order chi connectivity index (χ1) is 9.15.